The minimum absolute atomic E-state index is 0.141. The van der Waals surface area contributed by atoms with E-state index in [4.69, 9.17) is 4.74 Å². The van der Waals surface area contributed by atoms with Crippen LogP contribution in [0, 0.1) is 16.0 Å². The van der Waals surface area contributed by atoms with Gasteiger partial charge in [-0.15, -0.1) is 0 Å². The SMILES string of the molecule is O=[N+]([O-])c1ccc(CNCCC2CCOC2)cc1. The van der Waals surface area contributed by atoms with Crippen LogP contribution in [0.5, 0.6) is 0 Å². The molecule has 0 radical (unpaired) electrons. The maximum Gasteiger partial charge on any atom is 0.269 e. The van der Waals surface area contributed by atoms with E-state index >= 15 is 0 Å². The molecule has 0 spiro atoms. The van der Waals surface area contributed by atoms with Gasteiger partial charge in [-0.25, -0.2) is 0 Å². The molecule has 1 saturated heterocycles. The number of benzene rings is 1. The lowest BCUT2D eigenvalue weighted by molar-refractivity contribution is -0.384. The molecule has 5 heteroatoms. The number of nitro benzene ring substituents is 1. The number of nitrogens with one attached hydrogen (secondary N) is 1. The second-order valence-electron chi connectivity index (χ2n) is 4.62. The highest BCUT2D eigenvalue weighted by atomic mass is 16.6. The van der Waals surface area contributed by atoms with Gasteiger partial charge in [-0.1, -0.05) is 12.1 Å². The highest BCUT2D eigenvalue weighted by molar-refractivity contribution is 5.32. The van der Waals surface area contributed by atoms with Crippen molar-refractivity contribution in [1.82, 2.24) is 5.32 Å². The van der Waals surface area contributed by atoms with E-state index in [1.54, 1.807) is 24.3 Å². The van der Waals surface area contributed by atoms with Crippen molar-refractivity contribution in [1.29, 1.82) is 0 Å². The van der Waals surface area contributed by atoms with Crippen molar-refractivity contribution in [2.24, 2.45) is 5.92 Å². The van der Waals surface area contributed by atoms with E-state index in [0.717, 1.165) is 38.3 Å². The summed E-state index contributed by atoms with van der Waals surface area (Å²) in [6.07, 6.45) is 2.30. The minimum Gasteiger partial charge on any atom is -0.381 e. The summed E-state index contributed by atoms with van der Waals surface area (Å²) in [5.41, 5.74) is 1.21. The normalized spacial score (nSPS) is 19.0. The summed E-state index contributed by atoms with van der Waals surface area (Å²) in [4.78, 5) is 10.1. The van der Waals surface area contributed by atoms with Crippen molar-refractivity contribution < 1.29 is 9.66 Å². The third-order valence-corrected chi connectivity index (χ3v) is 3.23. The van der Waals surface area contributed by atoms with E-state index < -0.39 is 0 Å². The molecule has 1 aliphatic heterocycles. The molecule has 1 fully saturated rings. The van der Waals surface area contributed by atoms with Crippen molar-refractivity contribution in [2.45, 2.75) is 19.4 Å². The van der Waals surface area contributed by atoms with E-state index in [2.05, 4.69) is 5.32 Å². The van der Waals surface area contributed by atoms with Crippen LogP contribution in [0.15, 0.2) is 24.3 Å². The summed E-state index contributed by atoms with van der Waals surface area (Å²) < 4.78 is 5.32. The van der Waals surface area contributed by atoms with Gasteiger partial charge < -0.3 is 10.1 Å². The lowest BCUT2D eigenvalue weighted by Crippen LogP contribution is -2.17. The molecular formula is C13H18N2O3. The lowest BCUT2D eigenvalue weighted by atomic mass is 10.1. The Balaban J connectivity index is 1.68. The highest BCUT2D eigenvalue weighted by Gasteiger charge is 2.14. The molecule has 0 bridgehead atoms. The third kappa shape index (κ3) is 3.78. The van der Waals surface area contributed by atoms with Gasteiger partial charge in [0.1, 0.15) is 0 Å². The first-order valence-electron chi connectivity index (χ1n) is 6.27. The first-order valence-corrected chi connectivity index (χ1v) is 6.27. The van der Waals surface area contributed by atoms with E-state index in [1.807, 2.05) is 0 Å². The minimum atomic E-state index is -0.378. The van der Waals surface area contributed by atoms with Crippen LogP contribution in [-0.4, -0.2) is 24.7 Å². The number of rotatable bonds is 6. The van der Waals surface area contributed by atoms with E-state index in [-0.39, 0.29) is 10.6 Å². The smallest absolute Gasteiger partial charge is 0.269 e. The Morgan fingerprint density at radius 1 is 1.39 bits per heavy atom. The average Bonchev–Trinajstić information content (AvgIpc) is 2.88. The first kappa shape index (κ1) is 13.0. The number of hydrogen-bond acceptors (Lipinski definition) is 4. The fourth-order valence-electron chi connectivity index (χ4n) is 2.09. The van der Waals surface area contributed by atoms with Crippen molar-refractivity contribution in [3.8, 4) is 0 Å². The summed E-state index contributed by atoms with van der Waals surface area (Å²) in [5.74, 6) is 0.689. The molecule has 0 aliphatic carbocycles. The summed E-state index contributed by atoms with van der Waals surface area (Å²) in [6, 6.07) is 6.68. The molecule has 1 atom stereocenters. The predicted molar refractivity (Wildman–Crippen MR) is 68.3 cm³/mol. The monoisotopic (exact) mass is 250 g/mol. The van der Waals surface area contributed by atoms with Gasteiger partial charge in [0.2, 0.25) is 0 Å². The topological polar surface area (TPSA) is 64.4 Å². The lowest BCUT2D eigenvalue weighted by Gasteiger charge is -2.08. The Labute approximate surface area is 106 Å². The van der Waals surface area contributed by atoms with Gasteiger partial charge in [-0.05, 0) is 30.9 Å². The summed E-state index contributed by atoms with van der Waals surface area (Å²) >= 11 is 0. The van der Waals surface area contributed by atoms with Crippen molar-refractivity contribution in [3.05, 3.63) is 39.9 Å². The molecule has 0 aromatic heterocycles. The Kier molecular flexibility index (Phi) is 4.66. The molecule has 5 nitrogen and oxygen atoms in total. The Morgan fingerprint density at radius 3 is 2.78 bits per heavy atom. The molecule has 1 N–H and O–H groups in total. The molecule has 1 aromatic carbocycles. The van der Waals surface area contributed by atoms with Crippen LogP contribution < -0.4 is 5.32 Å². The number of non-ortho nitro benzene ring substituents is 1. The molecule has 1 heterocycles. The van der Waals surface area contributed by atoms with Gasteiger partial charge in [0.15, 0.2) is 0 Å². The zero-order chi connectivity index (χ0) is 12.8. The van der Waals surface area contributed by atoms with Crippen LogP contribution in [0.1, 0.15) is 18.4 Å². The van der Waals surface area contributed by atoms with Crippen LogP contribution in [-0.2, 0) is 11.3 Å². The number of nitrogens with zero attached hydrogens (tertiary/aromatic N) is 1. The maximum absolute atomic E-state index is 10.5. The van der Waals surface area contributed by atoms with Gasteiger partial charge in [-0.2, -0.15) is 0 Å². The van der Waals surface area contributed by atoms with E-state index in [1.165, 1.54) is 6.42 Å². The largest absolute Gasteiger partial charge is 0.381 e. The van der Waals surface area contributed by atoms with Crippen molar-refractivity contribution in [3.63, 3.8) is 0 Å². The molecule has 18 heavy (non-hydrogen) atoms. The molecule has 1 unspecified atom stereocenters. The second-order valence-corrected chi connectivity index (χ2v) is 4.62. The maximum atomic E-state index is 10.5. The van der Waals surface area contributed by atoms with E-state index in [9.17, 15) is 10.1 Å². The summed E-state index contributed by atoms with van der Waals surface area (Å²) in [5, 5.41) is 13.8. The Hall–Kier alpha value is -1.46. The van der Waals surface area contributed by atoms with Gasteiger partial charge >= 0.3 is 0 Å². The molecule has 1 aliphatic rings. The quantitative estimate of drug-likeness (QED) is 0.477. The number of ether oxygens (including phenoxy) is 1. The second kappa shape index (κ2) is 6.47. The molecule has 98 valence electrons. The highest BCUT2D eigenvalue weighted by Crippen LogP contribution is 2.15. The first-order chi connectivity index (χ1) is 8.75. The standard InChI is InChI=1S/C13H18N2O3/c16-15(17)13-3-1-11(2-4-13)9-14-7-5-12-6-8-18-10-12/h1-4,12,14H,5-10H2. The zero-order valence-corrected chi connectivity index (χ0v) is 10.3. The van der Waals surface area contributed by atoms with Crippen LogP contribution in [0.25, 0.3) is 0 Å². The van der Waals surface area contributed by atoms with Gasteiger partial charge in [-0.3, -0.25) is 10.1 Å². The van der Waals surface area contributed by atoms with Crippen molar-refractivity contribution >= 4 is 5.69 Å². The molecular weight excluding hydrogens is 232 g/mol. The summed E-state index contributed by atoms with van der Waals surface area (Å²) in [7, 11) is 0. The van der Waals surface area contributed by atoms with Crippen LogP contribution in [0.2, 0.25) is 0 Å². The summed E-state index contributed by atoms with van der Waals surface area (Å²) in [6.45, 7) is 3.50. The molecule has 0 amide bonds. The predicted octanol–water partition coefficient (Wildman–Crippen LogP) is 2.11. The molecule has 2 rings (SSSR count). The van der Waals surface area contributed by atoms with Crippen molar-refractivity contribution in [2.75, 3.05) is 19.8 Å². The fourth-order valence-corrected chi connectivity index (χ4v) is 2.09. The van der Waals surface area contributed by atoms with Gasteiger partial charge in [0.25, 0.3) is 5.69 Å². The Morgan fingerprint density at radius 2 is 2.17 bits per heavy atom. The third-order valence-electron chi connectivity index (χ3n) is 3.23. The number of nitro groups is 1. The van der Waals surface area contributed by atoms with Crippen LogP contribution >= 0.6 is 0 Å². The van der Waals surface area contributed by atoms with Gasteiger partial charge in [0, 0.05) is 31.9 Å². The fraction of sp³-hybridized carbons (Fsp3) is 0.538. The average molecular weight is 250 g/mol. The molecule has 1 aromatic rings. The zero-order valence-electron chi connectivity index (χ0n) is 10.3. The van der Waals surface area contributed by atoms with E-state index in [0.29, 0.717) is 5.92 Å². The number of hydrogen-bond donors (Lipinski definition) is 1. The van der Waals surface area contributed by atoms with Gasteiger partial charge in [0.05, 0.1) is 4.92 Å². The molecule has 0 saturated carbocycles. The Bertz CT molecular complexity index is 386. The van der Waals surface area contributed by atoms with Crippen LogP contribution in [0.3, 0.4) is 0 Å². The van der Waals surface area contributed by atoms with Crippen LogP contribution in [0.4, 0.5) is 5.69 Å².